The molecule has 0 bridgehead atoms. The van der Waals surface area contributed by atoms with Gasteiger partial charge in [-0.05, 0) is 40.8 Å². The summed E-state index contributed by atoms with van der Waals surface area (Å²) in [4.78, 5) is 26.5. The van der Waals surface area contributed by atoms with Gasteiger partial charge in [-0.3, -0.25) is 13.9 Å². The van der Waals surface area contributed by atoms with E-state index in [0.717, 1.165) is 22.2 Å². The van der Waals surface area contributed by atoms with Crippen molar-refractivity contribution in [3.05, 3.63) is 58.5 Å². The number of aryl methyl sites for hydroxylation is 1. The van der Waals surface area contributed by atoms with Gasteiger partial charge in [-0.15, -0.1) is 0 Å². The first-order valence-electron chi connectivity index (χ1n) is 9.10. The van der Waals surface area contributed by atoms with Crippen LogP contribution in [0.25, 0.3) is 22.2 Å². The second-order valence-corrected chi connectivity index (χ2v) is 8.47. The number of carbonyl (C=O) groups excluding carboxylic acids is 1. The lowest BCUT2D eigenvalue weighted by Crippen LogP contribution is -2.27. The van der Waals surface area contributed by atoms with E-state index in [1.165, 1.54) is 0 Å². The monoisotopic (exact) mass is 365 g/mol. The van der Waals surface area contributed by atoms with E-state index in [-0.39, 0.29) is 17.0 Å². The lowest BCUT2D eigenvalue weighted by molar-refractivity contribution is 0.0827. The average molecular weight is 365 g/mol. The maximum absolute atomic E-state index is 12.7. The number of benzene rings is 2. The third kappa shape index (κ3) is 3.68. The Kier molecular flexibility index (Phi) is 4.72. The molecule has 0 atom stereocenters. The molecule has 0 radical (unpaired) electrons. The van der Waals surface area contributed by atoms with Gasteiger partial charge < -0.3 is 4.90 Å². The summed E-state index contributed by atoms with van der Waals surface area (Å²) in [5, 5.41) is 0. The molecule has 5 heteroatoms. The van der Waals surface area contributed by atoms with E-state index in [2.05, 4.69) is 20.8 Å². The van der Waals surface area contributed by atoms with E-state index in [4.69, 9.17) is 0 Å². The number of nitrogens with zero attached hydrogens (tertiary/aromatic N) is 3. The van der Waals surface area contributed by atoms with Gasteiger partial charge in [0.1, 0.15) is 0 Å². The second kappa shape index (κ2) is 6.72. The zero-order valence-electron chi connectivity index (χ0n) is 16.9. The predicted octanol–water partition coefficient (Wildman–Crippen LogP) is 3.75. The Morgan fingerprint density at radius 1 is 1.00 bits per heavy atom. The van der Waals surface area contributed by atoms with Crippen molar-refractivity contribution in [2.75, 3.05) is 14.1 Å². The molecule has 142 valence electrons. The van der Waals surface area contributed by atoms with Crippen molar-refractivity contribution in [3.8, 4) is 11.1 Å². The summed E-state index contributed by atoms with van der Waals surface area (Å²) in [6, 6.07) is 13.6. The molecule has 0 spiro atoms. The molecule has 0 aliphatic carbocycles. The van der Waals surface area contributed by atoms with Crippen LogP contribution in [0.4, 0.5) is 0 Å². The zero-order valence-corrected chi connectivity index (χ0v) is 16.9. The molecule has 3 aromatic rings. The summed E-state index contributed by atoms with van der Waals surface area (Å²) in [5.74, 6) is -0.0262. The van der Waals surface area contributed by atoms with Crippen LogP contribution in [-0.2, 0) is 13.6 Å². The largest absolute Gasteiger partial charge is 0.345 e. The van der Waals surface area contributed by atoms with Gasteiger partial charge in [0.2, 0.25) is 0 Å². The SMILES string of the molecule is CN(C)C(=O)c1cccc(-c2ccc3c(c2)n(C)c(=O)n3CC(C)(C)C)c1. The topological polar surface area (TPSA) is 47.2 Å². The van der Waals surface area contributed by atoms with Gasteiger partial charge in [0.25, 0.3) is 5.91 Å². The lowest BCUT2D eigenvalue weighted by Gasteiger charge is -2.18. The average Bonchev–Trinajstić information content (AvgIpc) is 2.84. The minimum atomic E-state index is -0.0262. The molecule has 5 nitrogen and oxygen atoms in total. The highest BCUT2D eigenvalue weighted by Gasteiger charge is 2.18. The Labute approximate surface area is 159 Å². The summed E-state index contributed by atoms with van der Waals surface area (Å²) in [6.07, 6.45) is 0. The van der Waals surface area contributed by atoms with Crippen LogP contribution < -0.4 is 5.69 Å². The van der Waals surface area contributed by atoms with Crippen LogP contribution in [0, 0.1) is 5.41 Å². The molecule has 0 N–H and O–H groups in total. The molecule has 1 aromatic heterocycles. The molecule has 1 heterocycles. The first-order valence-corrected chi connectivity index (χ1v) is 9.10. The first kappa shape index (κ1) is 19.0. The van der Waals surface area contributed by atoms with E-state index >= 15 is 0 Å². The Bertz CT molecular complexity index is 1070. The fourth-order valence-corrected chi connectivity index (χ4v) is 3.30. The van der Waals surface area contributed by atoms with E-state index in [0.29, 0.717) is 12.1 Å². The standard InChI is InChI=1S/C22H27N3O2/c1-22(2,3)14-25-18-11-10-16(13-19(18)24(6)21(25)27)15-8-7-9-17(12-15)20(26)23(4)5/h7-13H,14H2,1-6H3. The van der Waals surface area contributed by atoms with Crippen LogP contribution in [0.15, 0.2) is 47.3 Å². The molecular formula is C22H27N3O2. The Morgan fingerprint density at radius 2 is 1.67 bits per heavy atom. The number of carbonyl (C=O) groups is 1. The summed E-state index contributed by atoms with van der Waals surface area (Å²) in [7, 11) is 5.29. The lowest BCUT2D eigenvalue weighted by atomic mass is 9.97. The number of aromatic nitrogens is 2. The van der Waals surface area contributed by atoms with E-state index in [1.54, 1.807) is 30.6 Å². The highest BCUT2D eigenvalue weighted by Crippen LogP contribution is 2.26. The van der Waals surface area contributed by atoms with Gasteiger partial charge in [0.15, 0.2) is 0 Å². The molecule has 27 heavy (non-hydrogen) atoms. The maximum atomic E-state index is 12.7. The number of rotatable bonds is 3. The third-order valence-corrected chi connectivity index (χ3v) is 4.63. The van der Waals surface area contributed by atoms with Crippen LogP contribution in [0.1, 0.15) is 31.1 Å². The fraction of sp³-hybridized carbons (Fsp3) is 0.364. The van der Waals surface area contributed by atoms with Gasteiger partial charge in [0.05, 0.1) is 11.0 Å². The number of hydrogen-bond acceptors (Lipinski definition) is 2. The summed E-state index contributed by atoms with van der Waals surface area (Å²) in [6.45, 7) is 7.04. The van der Waals surface area contributed by atoms with Crippen LogP contribution >= 0.6 is 0 Å². The molecule has 0 fully saturated rings. The normalized spacial score (nSPS) is 11.8. The number of hydrogen-bond donors (Lipinski definition) is 0. The first-order chi connectivity index (χ1) is 12.6. The van der Waals surface area contributed by atoms with Crippen molar-refractivity contribution in [3.63, 3.8) is 0 Å². The molecule has 0 aliphatic heterocycles. The molecule has 0 unspecified atom stereocenters. The number of amides is 1. The smallest absolute Gasteiger partial charge is 0.328 e. The Balaban J connectivity index is 2.11. The summed E-state index contributed by atoms with van der Waals surface area (Å²) >= 11 is 0. The van der Waals surface area contributed by atoms with E-state index in [1.807, 2.05) is 47.0 Å². The van der Waals surface area contributed by atoms with Crippen molar-refractivity contribution >= 4 is 16.9 Å². The van der Waals surface area contributed by atoms with Crippen molar-refractivity contribution in [1.29, 1.82) is 0 Å². The quantitative estimate of drug-likeness (QED) is 0.710. The van der Waals surface area contributed by atoms with Crippen molar-refractivity contribution < 1.29 is 4.79 Å². The number of fused-ring (bicyclic) bond motifs is 1. The van der Waals surface area contributed by atoms with Crippen molar-refractivity contribution in [1.82, 2.24) is 14.0 Å². The highest BCUT2D eigenvalue weighted by molar-refractivity contribution is 5.95. The van der Waals surface area contributed by atoms with Crippen LogP contribution in [0.2, 0.25) is 0 Å². The molecule has 0 saturated carbocycles. The minimum Gasteiger partial charge on any atom is -0.345 e. The summed E-state index contributed by atoms with van der Waals surface area (Å²) in [5.41, 5.74) is 4.43. The van der Waals surface area contributed by atoms with Gasteiger partial charge >= 0.3 is 5.69 Å². The van der Waals surface area contributed by atoms with Crippen LogP contribution in [0.3, 0.4) is 0 Å². The van der Waals surface area contributed by atoms with Crippen molar-refractivity contribution in [2.24, 2.45) is 12.5 Å². The Morgan fingerprint density at radius 3 is 2.30 bits per heavy atom. The summed E-state index contributed by atoms with van der Waals surface area (Å²) < 4.78 is 3.53. The van der Waals surface area contributed by atoms with E-state index < -0.39 is 0 Å². The predicted molar refractivity (Wildman–Crippen MR) is 110 cm³/mol. The molecule has 0 aliphatic rings. The molecule has 2 aromatic carbocycles. The van der Waals surface area contributed by atoms with Gasteiger partial charge in [-0.1, -0.05) is 39.0 Å². The van der Waals surface area contributed by atoms with Crippen molar-refractivity contribution in [2.45, 2.75) is 27.3 Å². The molecule has 3 rings (SSSR count). The highest BCUT2D eigenvalue weighted by atomic mass is 16.2. The van der Waals surface area contributed by atoms with Gasteiger partial charge in [-0.25, -0.2) is 4.79 Å². The third-order valence-electron chi connectivity index (χ3n) is 4.63. The zero-order chi connectivity index (χ0) is 19.9. The van der Waals surface area contributed by atoms with Crippen LogP contribution in [0.5, 0.6) is 0 Å². The van der Waals surface area contributed by atoms with E-state index in [9.17, 15) is 9.59 Å². The van der Waals surface area contributed by atoms with Gasteiger partial charge in [0, 0.05) is 33.3 Å². The molecule has 1 amide bonds. The number of imidazole rings is 1. The Hall–Kier alpha value is -2.82. The molecular weight excluding hydrogens is 338 g/mol. The minimum absolute atomic E-state index is 0.00592. The van der Waals surface area contributed by atoms with Crippen LogP contribution in [-0.4, -0.2) is 34.0 Å². The fourth-order valence-electron chi connectivity index (χ4n) is 3.30. The van der Waals surface area contributed by atoms with Gasteiger partial charge in [-0.2, -0.15) is 0 Å². The maximum Gasteiger partial charge on any atom is 0.328 e. The second-order valence-electron chi connectivity index (χ2n) is 8.47. The molecule has 0 saturated heterocycles.